The minimum Gasteiger partial charge on any atom is -0.369 e. The molecule has 0 aromatic carbocycles. The van der Waals surface area contributed by atoms with Crippen molar-refractivity contribution in [3.8, 4) is 0 Å². The first-order chi connectivity index (χ1) is 7.75. The van der Waals surface area contributed by atoms with Crippen LogP contribution in [-0.4, -0.2) is 5.91 Å². The molecule has 0 spiro atoms. The lowest BCUT2D eigenvalue weighted by atomic mass is 10.0. The Hall–Kier alpha value is -2.09. The second-order valence-corrected chi connectivity index (χ2v) is 3.71. The van der Waals surface area contributed by atoms with Crippen molar-refractivity contribution in [1.29, 1.82) is 0 Å². The largest absolute Gasteiger partial charge is 0.369 e. The molecule has 80 valence electrons. The molecule has 0 bridgehead atoms. The lowest BCUT2D eigenvalue weighted by molar-refractivity contribution is -0.117. The molecule has 0 aromatic heterocycles. The fourth-order valence-corrected chi connectivity index (χ4v) is 1.69. The lowest BCUT2D eigenvalue weighted by Crippen LogP contribution is -2.10. The van der Waals surface area contributed by atoms with Gasteiger partial charge < -0.3 is 5.73 Å². The molecule has 2 heteroatoms. The summed E-state index contributed by atoms with van der Waals surface area (Å²) in [7, 11) is 0. The quantitative estimate of drug-likeness (QED) is 0.748. The normalized spacial score (nSPS) is 17.9. The second kappa shape index (κ2) is 4.62. The molecule has 2 aliphatic rings. The van der Waals surface area contributed by atoms with Gasteiger partial charge in [0.15, 0.2) is 0 Å². The highest BCUT2D eigenvalue weighted by Crippen LogP contribution is 2.22. The molecule has 0 aromatic rings. The minimum atomic E-state index is -0.306. The summed E-state index contributed by atoms with van der Waals surface area (Å²) in [6.45, 7) is 0. The van der Waals surface area contributed by atoms with Crippen LogP contribution < -0.4 is 5.73 Å². The van der Waals surface area contributed by atoms with Crippen molar-refractivity contribution < 1.29 is 4.79 Å². The summed E-state index contributed by atoms with van der Waals surface area (Å²) in [5, 5.41) is 0. The van der Waals surface area contributed by atoms with Crippen molar-refractivity contribution in [3.63, 3.8) is 0 Å². The number of nitrogens with two attached hydrogens (primary N) is 1. The van der Waals surface area contributed by atoms with Gasteiger partial charge in [0.1, 0.15) is 0 Å². The van der Waals surface area contributed by atoms with Crippen LogP contribution in [0.2, 0.25) is 0 Å². The number of amides is 1. The van der Waals surface area contributed by atoms with Crippen LogP contribution in [0.1, 0.15) is 6.42 Å². The fourth-order valence-electron chi connectivity index (χ4n) is 1.69. The summed E-state index contributed by atoms with van der Waals surface area (Å²) in [5.41, 5.74) is 8.38. The maximum Gasteiger partial charge on any atom is 0.221 e. The van der Waals surface area contributed by atoms with Crippen LogP contribution in [0.5, 0.6) is 0 Å². The molecule has 0 radical (unpaired) electrons. The van der Waals surface area contributed by atoms with E-state index >= 15 is 0 Å². The van der Waals surface area contributed by atoms with Crippen molar-refractivity contribution >= 4 is 5.91 Å². The van der Waals surface area contributed by atoms with Gasteiger partial charge >= 0.3 is 0 Å². The lowest BCUT2D eigenvalue weighted by Gasteiger charge is -2.02. The minimum absolute atomic E-state index is 0.280. The second-order valence-electron chi connectivity index (χ2n) is 3.71. The maximum absolute atomic E-state index is 10.9. The molecule has 0 saturated carbocycles. The molecule has 0 fully saturated rings. The van der Waals surface area contributed by atoms with E-state index < -0.39 is 0 Å². The monoisotopic (exact) mass is 211 g/mol. The Labute approximate surface area is 94.8 Å². The van der Waals surface area contributed by atoms with E-state index in [0.717, 1.165) is 16.7 Å². The van der Waals surface area contributed by atoms with E-state index in [9.17, 15) is 4.79 Å². The number of allylic oxidation sites excluding steroid dienone is 11. The Morgan fingerprint density at radius 1 is 1.00 bits per heavy atom. The van der Waals surface area contributed by atoms with Gasteiger partial charge in [-0.25, -0.2) is 0 Å². The summed E-state index contributed by atoms with van der Waals surface area (Å²) >= 11 is 0. The zero-order valence-electron chi connectivity index (χ0n) is 8.89. The standard InChI is InChI=1S/C14H13NO/c15-14(16)10-11-5-4-8-12-6-2-1-3-7-13(12)9-11/h1-9H,10H2,(H2,15,16). The molecule has 0 atom stereocenters. The van der Waals surface area contributed by atoms with Crippen molar-refractivity contribution in [3.05, 3.63) is 71.4 Å². The summed E-state index contributed by atoms with van der Waals surface area (Å²) in [5.74, 6) is -0.306. The van der Waals surface area contributed by atoms with Gasteiger partial charge in [-0.3, -0.25) is 4.79 Å². The van der Waals surface area contributed by atoms with Crippen molar-refractivity contribution in [2.75, 3.05) is 0 Å². The third-order valence-electron chi connectivity index (χ3n) is 2.41. The molecular weight excluding hydrogens is 198 g/mol. The van der Waals surface area contributed by atoms with E-state index in [1.54, 1.807) is 0 Å². The first-order valence-corrected chi connectivity index (χ1v) is 5.18. The average molecular weight is 211 g/mol. The molecule has 1 amide bonds. The molecule has 2 aliphatic carbocycles. The van der Waals surface area contributed by atoms with Crippen LogP contribution in [-0.2, 0) is 4.79 Å². The predicted molar refractivity (Wildman–Crippen MR) is 65.5 cm³/mol. The van der Waals surface area contributed by atoms with Crippen LogP contribution in [0.25, 0.3) is 0 Å². The Morgan fingerprint density at radius 3 is 2.62 bits per heavy atom. The third-order valence-corrected chi connectivity index (χ3v) is 2.41. The molecule has 2 rings (SSSR count). The number of fused-ring (bicyclic) bond motifs is 1. The molecular formula is C14H13NO. The number of hydrogen-bond acceptors (Lipinski definition) is 1. The van der Waals surface area contributed by atoms with Gasteiger partial charge in [-0.1, -0.05) is 54.7 Å². The van der Waals surface area contributed by atoms with Crippen LogP contribution in [0.3, 0.4) is 0 Å². The third kappa shape index (κ3) is 2.48. The van der Waals surface area contributed by atoms with Crippen molar-refractivity contribution in [2.45, 2.75) is 6.42 Å². The number of rotatable bonds is 2. The van der Waals surface area contributed by atoms with Crippen LogP contribution >= 0.6 is 0 Å². The van der Waals surface area contributed by atoms with E-state index in [-0.39, 0.29) is 12.3 Å². The first kappa shape index (κ1) is 10.4. The highest BCUT2D eigenvalue weighted by atomic mass is 16.1. The topological polar surface area (TPSA) is 43.1 Å². The summed E-state index contributed by atoms with van der Waals surface area (Å²) in [6, 6.07) is 0. The maximum atomic E-state index is 10.9. The number of hydrogen-bond donors (Lipinski definition) is 1. The summed E-state index contributed by atoms with van der Waals surface area (Å²) < 4.78 is 0. The van der Waals surface area contributed by atoms with Gasteiger partial charge in [0.25, 0.3) is 0 Å². The molecule has 0 unspecified atom stereocenters. The molecule has 2 nitrogen and oxygen atoms in total. The van der Waals surface area contributed by atoms with Crippen LogP contribution in [0.15, 0.2) is 71.4 Å². The summed E-state index contributed by atoms with van der Waals surface area (Å²) in [4.78, 5) is 10.9. The van der Waals surface area contributed by atoms with Crippen molar-refractivity contribution in [2.24, 2.45) is 5.73 Å². The molecule has 2 N–H and O–H groups in total. The van der Waals surface area contributed by atoms with Gasteiger partial charge in [-0.2, -0.15) is 0 Å². The number of carbonyl (C=O) groups excluding carboxylic acids is 1. The molecule has 0 aliphatic heterocycles. The van der Waals surface area contributed by atoms with E-state index in [2.05, 4.69) is 0 Å². The number of primary amides is 1. The van der Waals surface area contributed by atoms with E-state index in [0.29, 0.717) is 0 Å². The Bertz CT molecular complexity index is 485. The Morgan fingerprint density at radius 2 is 1.81 bits per heavy atom. The zero-order chi connectivity index (χ0) is 11.4. The Kier molecular flexibility index (Phi) is 3.01. The molecule has 0 saturated heterocycles. The molecule has 0 heterocycles. The van der Waals surface area contributed by atoms with Gasteiger partial charge in [-0.05, 0) is 16.7 Å². The van der Waals surface area contributed by atoms with E-state index in [1.807, 2.05) is 54.7 Å². The van der Waals surface area contributed by atoms with Gasteiger partial charge in [0.2, 0.25) is 5.91 Å². The zero-order valence-corrected chi connectivity index (χ0v) is 8.89. The smallest absolute Gasteiger partial charge is 0.221 e. The number of carbonyl (C=O) groups is 1. The van der Waals surface area contributed by atoms with Gasteiger partial charge in [0.05, 0.1) is 6.42 Å². The predicted octanol–water partition coefficient (Wildman–Crippen LogP) is 2.34. The highest BCUT2D eigenvalue weighted by molar-refractivity contribution is 5.78. The summed E-state index contributed by atoms with van der Waals surface area (Å²) in [6.07, 6.45) is 18.2. The first-order valence-electron chi connectivity index (χ1n) is 5.18. The van der Waals surface area contributed by atoms with Gasteiger partial charge in [0, 0.05) is 0 Å². The van der Waals surface area contributed by atoms with E-state index in [4.69, 9.17) is 5.73 Å². The fraction of sp³-hybridized carbons (Fsp3) is 0.0714. The van der Waals surface area contributed by atoms with E-state index in [1.165, 1.54) is 0 Å². The SMILES string of the molecule is NC(=O)CC1=CC=CC2=CC=CC=CC2=C1. The highest BCUT2D eigenvalue weighted by Gasteiger charge is 2.06. The van der Waals surface area contributed by atoms with Crippen molar-refractivity contribution in [1.82, 2.24) is 0 Å². The van der Waals surface area contributed by atoms with Crippen LogP contribution in [0, 0.1) is 0 Å². The Balaban J connectivity index is 2.35. The van der Waals surface area contributed by atoms with Gasteiger partial charge in [-0.15, -0.1) is 0 Å². The van der Waals surface area contributed by atoms with Crippen LogP contribution in [0.4, 0.5) is 0 Å². The molecule has 16 heavy (non-hydrogen) atoms. The average Bonchev–Trinajstić information content (AvgIpc) is 2.51.